The van der Waals surface area contributed by atoms with Crippen molar-refractivity contribution in [3.05, 3.63) is 4.98 Å². The minimum absolute atomic E-state index is 0. The molecule has 2 aliphatic rings. The van der Waals surface area contributed by atoms with Crippen molar-refractivity contribution in [2.75, 3.05) is 0 Å². The van der Waals surface area contributed by atoms with Crippen LogP contribution in [0.2, 0.25) is 13.1 Å². The standard InChI is InChI=1S/C15H30NOSi.Li/c1-15(2,3)16-18(4,5)17-14-11-7-9-12-8-6-10-13(12)14;/h12-14H,6-11H2,1-5H3;/q-1;+1. The van der Waals surface area contributed by atoms with Crippen molar-refractivity contribution in [3.8, 4) is 0 Å². The van der Waals surface area contributed by atoms with E-state index in [0.29, 0.717) is 6.10 Å². The molecule has 2 rings (SSSR count). The molecule has 2 saturated carbocycles. The predicted molar refractivity (Wildman–Crippen MR) is 80.1 cm³/mol. The zero-order chi connectivity index (χ0) is 13.4. The van der Waals surface area contributed by atoms with E-state index in [9.17, 15) is 0 Å². The van der Waals surface area contributed by atoms with Gasteiger partial charge in [0.25, 0.3) is 0 Å². The fourth-order valence-corrected chi connectivity index (χ4v) is 6.76. The van der Waals surface area contributed by atoms with E-state index in [1.807, 2.05) is 0 Å². The van der Waals surface area contributed by atoms with E-state index in [4.69, 9.17) is 9.41 Å². The van der Waals surface area contributed by atoms with Crippen molar-refractivity contribution in [1.29, 1.82) is 0 Å². The second-order valence-electron chi connectivity index (χ2n) is 7.67. The van der Waals surface area contributed by atoms with Gasteiger partial charge in [-0.05, 0) is 31.1 Å². The molecule has 4 heteroatoms. The van der Waals surface area contributed by atoms with Crippen molar-refractivity contribution in [3.63, 3.8) is 0 Å². The summed E-state index contributed by atoms with van der Waals surface area (Å²) in [4.78, 5) is 4.97. The van der Waals surface area contributed by atoms with E-state index in [0.717, 1.165) is 11.8 Å². The minimum atomic E-state index is -1.86. The quantitative estimate of drug-likeness (QED) is 0.721. The van der Waals surface area contributed by atoms with Gasteiger partial charge in [-0.15, -0.1) is 5.54 Å². The van der Waals surface area contributed by atoms with E-state index < -0.39 is 8.48 Å². The Morgan fingerprint density at radius 1 is 1.00 bits per heavy atom. The van der Waals surface area contributed by atoms with E-state index >= 15 is 0 Å². The first kappa shape index (κ1) is 17.8. The third-order valence-corrected chi connectivity index (χ3v) is 6.39. The van der Waals surface area contributed by atoms with Gasteiger partial charge in [-0.2, -0.15) is 0 Å². The molecule has 0 saturated heterocycles. The van der Waals surface area contributed by atoms with E-state index in [1.165, 1.54) is 38.5 Å². The summed E-state index contributed by atoms with van der Waals surface area (Å²) in [5.74, 6) is 1.81. The molecule has 0 aliphatic heterocycles. The van der Waals surface area contributed by atoms with Gasteiger partial charge < -0.3 is 9.41 Å². The summed E-state index contributed by atoms with van der Waals surface area (Å²) >= 11 is 0. The van der Waals surface area contributed by atoms with Gasteiger partial charge in [-0.1, -0.05) is 53.1 Å². The zero-order valence-electron chi connectivity index (χ0n) is 13.8. The van der Waals surface area contributed by atoms with Crippen LogP contribution in [0.5, 0.6) is 0 Å². The van der Waals surface area contributed by atoms with Crippen molar-refractivity contribution < 1.29 is 23.3 Å². The molecule has 0 aromatic heterocycles. The number of hydrogen-bond acceptors (Lipinski definition) is 1. The molecule has 0 radical (unpaired) electrons. The monoisotopic (exact) mass is 275 g/mol. The maximum absolute atomic E-state index is 6.54. The minimum Gasteiger partial charge on any atom is -0.637 e. The second kappa shape index (κ2) is 6.66. The van der Waals surface area contributed by atoms with Crippen LogP contribution in [0.15, 0.2) is 0 Å². The van der Waals surface area contributed by atoms with Gasteiger partial charge in [-0.25, -0.2) is 0 Å². The van der Waals surface area contributed by atoms with Gasteiger partial charge in [0.1, 0.15) is 0 Å². The fourth-order valence-electron chi connectivity index (χ4n) is 4.06. The molecule has 3 unspecified atom stereocenters. The number of rotatable bonds is 3. The van der Waals surface area contributed by atoms with Crippen LogP contribution >= 0.6 is 0 Å². The van der Waals surface area contributed by atoms with Crippen LogP contribution in [0.1, 0.15) is 59.3 Å². The van der Waals surface area contributed by atoms with Crippen molar-refractivity contribution in [2.45, 2.75) is 84.0 Å². The molecule has 0 aromatic carbocycles. The van der Waals surface area contributed by atoms with Gasteiger partial charge in [0.15, 0.2) is 0 Å². The van der Waals surface area contributed by atoms with Crippen molar-refractivity contribution in [2.24, 2.45) is 11.8 Å². The summed E-state index contributed by atoms with van der Waals surface area (Å²) in [6.45, 7) is 11.1. The van der Waals surface area contributed by atoms with Crippen LogP contribution < -0.4 is 18.9 Å². The molecule has 2 aliphatic carbocycles. The van der Waals surface area contributed by atoms with Gasteiger partial charge in [0, 0.05) is 6.10 Å². The molecule has 0 aromatic rings. The first-order valence-corrected chi connectivity index (χ1v) is 10.5. The summed E-state index contributed by atoms with van der Waals surface area (Å²) < 4.78 is 6.54. The fraction of sp³-hybridized carbons (Fsp3) is 1.00. The number of fused-ring (bicyclic) bond motifs is 1. The Bertz CT molecular complexity index is 290. The SMILES string of the molecule is CC(C)(C)[N-][Si](C)(C)OC1CCCC2CCCC21.[Li+]. The topological polar surface area (TPSA) is 23.3 Å². The van der Waals surface area contributed by atoms with E-state index in [2.05, 4.69) is 33.9 Å². The predicted octanol–water partition coefficient (Wildman–Crippen LogP) is 1.85. The first-order chi connectivity index (χ1) is 8.27. The molecule has 0 amide bonds. The first-order valence-electron chi connectivity index (χ1n) is 7.69. The van der Waals surface area contributed by atoms with Gasteiger partial charge >= 0.3 is 18.9 Å². The van der Waals surface area contributed by atoms with Crippen LogP contribution in [-0.4, -0.2) is 20.1 Å². The molecule has 0 bridgehead atoms. The second-order valence-corrected chi connectivity index (χ2v) is 11.0. The molecule has 19 heavy (non-hydrogen) atoms. The van der Waals surface area contributed by atoms with Gasteiger partial charge in [-0.3, -0.25) is 0 Å². The Kier molecular flexibility index (Phi) is 6.24. The Hall–Kier alpha value is 0.734. The molecule has 3 atom stereocenters. The summed E-state index contributed by atoms with van der Waals surface area (Å²) in [5, 5.41) is 0. The number of hydrogen-bond donors (Lipinski definition) is 0. The maximum Gasteiger partial charge on any atom is 1.00 e. The maximum atomic E-state index is 6.54. The summed E-state index contributed by atoms with van der Waals surface area (Å²) in [6.07, 6.45) is 8.87. The third-order valence-electron chi connectivity index (χ3n) is 4.30. The Morgan fingerprint density at radius 2 is 1.58 bits per heavy atom. The van der Waals surface area contributed by atoms with Gasteiger partial charge in [0.05, 0.1) is 8.48 Å². The van der Waals surface area contributed by atoms with Crippen LogP contribution in [-0.2, 0) is 4.43 Å². The van der Waals surface area contributed by atoms with Crippen LogP contribution in [0.3, 0.4) is 0 Å². The Labute approximate surface area is 132 Å². The van der Waals surface area contributed by atoms with Crippen LogP contribution in [0.25, 0.3) is 4.98 Å². The molecular weight excluding hydrogens is 245 g/mol. The van der Waals surface area contributed by atoms with Crippen LogP contribution in [0, 0.1) is 11.8 Å². The van der Waals surface area contributed by atoms with Crippen LogP contribution in [0.4, 0.5) is 0 Å². The number of nitrogens with zero attached hydrogens (tertiary/aromatic N) is 1. The van der Waals surface area contributed by atoms with E-state index in [1.54, 1.807) is 0 Å². The summed E-state index contributed by atoms with van der Waals surface area (Å²) in [5.41, 5.74) is 0.0411. The van der Waals surface area contributed by atoms with Gasteiger partial charge in [0.2, 0.25) is 0 Å². The summed E-state index contributed by atoms with van der Waals surface area (Å²) in [7, 11) is -1.86. The Balaban J connectivity index is 0.00000180. The zero-order valence-corrected chi connectivity index (χ0v) is 14.8. The molecule has 0 heterocycles. The largest absolute Gasteiger partial charge is 1.00 e. The summed E-state index contributed by atoms with van der Waals surface area (Å²) in [6, 6.07) is 0. The molecule has 2 fully saturated rings. The Morgan fingerprint density at radius 3 is 2.16 bits per heavy atom. The molecular formula is C15H30LiNOSi. The average Bonchev–Trinajstić information content (AvgIpc) is 2.61. The van der Waals surface area contributed by atoms with E-state index in [-0.39, 0.29) is 24.4 Å². The smallest absolute Gasteiger partial charge is 0.637 e. The third kappa shape index (κ3) is 5.21. The normalized spacial score (nSPS) is 31.7. The molecule has 2 nitrogen and oxygen atoms in total. The molecule has 0 spiro atoms. The average molecular weight is 275 g/mol. The molecule has 106 valence electrons. The van der Waals surface area contributed by atoms with Crippen molar-refractivity contribution in [1.82, 2.24) is 0 Å². The molecule has 0 N–H and O–H groups in total. The van der Waals surface area contributed by atoms with Crippen molar-refractivity contribution >= 4 is 8.48 Å².